The fraction of sp³-hybridized carbons (Fsp3) is 0.222. The fourth-order valence-corrected chi connectivity index (χ4v) is 2.49. The van der Waals surface area contributed by atoms with E-state index in [4.69, 9.17) is 27.9 Å². The molecule has 0 radical (unpaired) electrons. The summed E-state index contributed by atoms with van der Waals surface area (Å²) in [5, 5.41) is 3.50. The van der Waals surface area contributed by atoms with Crippen molar-refractivity contribution in [3.63, 3.8) is 0 Å². The molecule has 0 aliphatic rings. The number of hydrogen-bond acceptors (Lipinski definition) is 3. The van der Waals surface area contributed by atoms with E-state index in [1.807, 2.05) is 0 Å². The van der Waals surface area contributed by atoms with Crippen LogP contribution in [0.4, 0.5) is 5.69 Å². The first-order valence-corrected chi connectivity index (χ1v) is 8.28. The molecule has 0 aromatic heterocycles. The van der Waals surface area contributed by atoms with Gasteiger partial charge in [0.15, 0.2) is 6.10 Å². The topological polar surface area (TPSA) is 58.6 Å². The molecular formula is C18H18Cl2N2O3. The Hall–Kier alpha value is -2.24. The van der Waals surface area contributed by atoms with Crippen molar-refractivity contribution >= 4 is 40.7 Å². The van der Waals surface area contributed by atoms with Gasteiger partial charge in [-0.05, 0) is 43.3 Å². The van der Waals surface area contributed by atoms with E-state index in [1.165, 1.54) is 11.0 Å². The molecule has 0 bridgehead atoms. The molecule has 0 aliphatic carbocycles. The molecule has 25 heavy (non-hydrogen) atoms. The molecule has 0 saturated heterocycles. The van der Waals surface area contributed by atoms with Gasteiger partial charge in [-0.2, -0.15) is 0 Å². The lowest BCUT2D eigenvalue weighted by atomic mass is 10.2. The number of ether oxygens (including phenoxy) is 1. The van der Waals surface area contributed by atoms with Crippen LogP contribution in [0.25, 0.3) is 0 Å². The molecule has 2 aromatic carbocycles. The Morgan fingerprint density at radius 2 is 1.84 bits per heavy atom. The molecule has 0 spiro atoms. The molecule has 1 unspecified atom stereocenters. The van der Waals surface area contributed by atoms with Gasteiger partial charge >= 0.3 is 0 Å². The average molecular weight is 381 g/mol. The van der Waals surface area contributed by atoms with Crippen LogP contribution in [0.5, 0.6) is 5.75 Å². The highest BCUT2D eigenvalue weighted by atomic mass is 35.5. The molecule has 2 amide bonds. The molecule has 0 heterocycles. The summed E-state index contributed by atoms with van der Waals surface area (Å²) in [6.07, 6.45) is -0.736. The van der Waals surface area contributed by atoms with Crippen molar-refractivity contribution in [1.29, 1.82) is 0 Å². The first kappa shape index (κ1) is 19.1. The molecule has 0 saturated carbocycles. The Kier molecular flexibility index (Phi) is 6.28. The van der Waals surface area contributed by atoms with E-state index in [-0.39, 0.29) is 16.8 Å². The molecule has 7 heteroatoms. The zero-order chi connectivity index (χ0) is 18.6. The minimum absolute atomic E-state index is 0.208. The van der Waals surface area contributed by atoms with E-state index in [9.17, 15) is 9.59 Å². The standard InChI is InChI=1S/C18H18Cl2N2O3/c1-11(25-14-6-4-5-12(19)9-14)17(23)21-13-7-8-15(16(20)10-13)18(24)22(2)3/h4-11H,1-3H3,(H,21,23). The molecule has 2 rings (SSSR count). The monoisotopic (exact) mass is 380 g/mol. The molecule has 132 valence electrons. The summed E-state index contributed by atoms with van der Waals surface area (Å²) in [6.45, 7) is 1.63. The van der Waals surface area contributed by atoms with Crippen LogP contribution in [0.1, 0.15) is 17.3 Å². The highest BCUT2D eigenvalue weighted by Gasteiger charge is 2.17. The summed E-state index contributed by atoms with van der Waals surface area (Å²) in [5.74, 6) is -0.0524. The summed E-state index contributed by atoms with van der Waals surface area (Å²) < 4.78 is 5.56. The zero-order valence-electron chi connectivity index (χ0n) is 14.0. The smallest absolute Gasteiger partial charge is 0.265 e. The van der Waals surface area contributed by atoms with Gasteiger partial charge in [0, 0.05) is 24.8 Å². The maximum absolute atomic E-state index is 12.3. The summed E-state index contributed by atoms with van der Waals surface area (Å²) in [7, 11) is 3.28. The van der Waals surface area contributed by atoms with Crippen molar-refractivity contribution in [2.24, 2.45) is 0 Å². The minimum Gasteiger partial charge on any atom is -0.481 e. The van der Waals surface area contributed by atoms with Gasteiger partial charge in [-0.25, -0.2) is 0 Å². The van der Waals surface area contributed by atoms with Crippen LogP contribution in [0.2, 0.25) is 10.0 Å². The Bertz CT molecular complexity index is 794. The van der Waals surface area contributed by atoms with Crippen LogP contribution in [0, 0.1) is 0 Å². The van der Waals surface area contributed by atoms with Gasteiger partial charge in [0.05, 0.1) is 10.6 Å². The minimum atomic E-state index is -0.736. The van der Waals surface area contributed by atoms with E-state index in [1.54, 1.807) is 57.4 Å². The summed E-state index contributed by atoms with van der Waals surface area (Å²) >= 11 is 12.0. The first-order valence-electron chi connectivity index (χ1n) is 7.52. The third-order valence-corrected chi connectivity index (χ3v) is 3.90. The van der Waals surface area contributed by atoms with Gasteiger partial charge < -0.3 is 15.0 Å². The van der Waals surface area contributed by atoms with E-state index in [2.05, 4.69) is 5.32 Å². The third kappa shape index (κ3) is 5.11. The maximum Gasteiger partial charge on any atom is 0.265 e. The predicted molar refractivity (Wildman–Crippen MR) is 99.6 cm³/mol. The van der Waals surface area contributed by atoms with Crippen LogP contribution < -0.4 is 10.1 Å². The fourth-order valence-electron chi connectivity index (χ4n) is 2.05. The average Bonchev–Trinajstić information content (AvgIpc) is 2.54. The molecule has 0 fully saturated rings. The van der Waals surface area contributed by atoms with Crippen LogP contribution in [-0.2, 0) is 4.79 Å². The number of nitrogens with zero attached hydrogens (tertiary/aromatic N) is 1. The highest BCUT2D eigenvalue weighted by molar-refractivity contribution is 6.34. The van der Waals surface area contributed by atoms with Crippen LogP contribution >= 0.6 is 23.2 Å². The van der Waals surface area contributed by atoms with Gasteiger partial charge in [-0.15, -0.1) is 0 Å². The largest absolute Gasteiger partial charge is 0.481 e. The van der Waals surface area contributed by atoms with Gasteiger partial charge in [0.25, 0.3) is 11.8 Å². The second-order valence-corrected chi connectivity index (χ2v) is 6.44. The van der Waals surface area contributed by atoms with Crippen molar-refractivity contribution in [1.82, 2.24) is 4.90 Å². The highest BCUT2D eigenvalue weighted by Crippen LogP contribution is 2.23. The lowest BCUT2D eigenvalue weighted by molar-refractivity contribution is -0.122. The van der Waals surface area contributed by atoms with Crippen LogP contribution in [0.15, 0.2) is 42.5 Å². The van der Waals surface area contributed by atoms with Crippen molar-refractivity contribution in [3.05, 3.63) is 58.1 Å². The molecule has 5 nitrogen and oxygen atoms in total. The summed E-state index contributed by atoms with van der Waals surface area (Å²) in [5.41, 5.74) is 0.847. The second kappa shape index (κ2) is 8.23. The number of hydrogen-bond donors (Lipinski definition) is 1. The lowest BCUT2D eigenvalue weighted by Crippen LogP contribution is -2.30. The van der Waals surface area contributed by atoms with E-state index >= 15 is 0 Å². The first-order chi connectivity index (χ1) is 11.8. The third-order valence-electron chi connectivity index (χ3n) is 3.35. The zero-order valence-corrected chi connectivity index (χ0v) is 15.6. The molecular weight excluding hydrogens is 363 g/mol. The molecule has 0 aliphatic heterocycles. The number of carbonyl (C=O) groups excluding carboxylic acids is 2. The number of anilines is 1. The Labute approximate surface area is 156 Å². The SMILES string of the molecule is CC(Oc1cccc(Cl)c1)C(=O)Nc1ccc(C(=O)N(C)C)c(Cl)c1. The number of benzene rings is 2. The summed E-state index contributed by atoms with van der Waals surface area (Å²) in [6, 6.07) is 11.5. The number of nitrogens with one attached hydrogen (secondary N) is 1. The quantitative estimate of drug-likeness (QED) is 0.849. The predicted octanol–water partition coefficient (Wildman–Crippen LogP) is 4.10. The molecule has 1 N–H and O–H groups in total. The van der Waals surface area contributed by atoms with Gasteiger partial charge in [-0.1, -0.05) is 29.3 Å². The van der Waals surface area contributed by atoms with Gasteiger partial charge in [0.1, 0.15) is 5.75 Å². The Balaban J connectivity index is 2.04. The number of amides is 2. The van der Waals surface area contributed by atoms with Crippen molar-refractivity contribution < 1.29 is 14.3 Å². The lowest BCUT2D eigenvalue weighted by Gasteiger charge is -2.16. The van der Waals surface area contributed by atoms with E-state index < -0.39 is 6.10 Å². The molecule has 2 aromatic rings. The van der Waals surface area contributed by atoms with Crippen molar-refractivity contribution in [3.8, 4) is 5.75 Å². The van der Waals surface area contributed by atoms with E-state index in [0.717, 1.165) is 0 Å². The molecule has 1 atom stereocenters. The van der Waals surface area contributed by atoms with Crippen LogP contribution in [-0.4, -0.2) is 36.9 Å². The van der Waals surface area contributed by atoms with E-state index in [0.29, 0.717) is 22.0 Å². The van der Waals surface area contributed by atoms with Crippen molar-refractivity contribution in [2.75, 3.05) is 19.4 Å². The Morgan fingerprint density at radius 3 is 2.44 bits per heavy atom. The second-order valence-electron chi connectivity index (χ2n) is 5.60. The van der Waals surface area contributed by atoms with Gasteiger partial charge in [-0.3, -0.25) is 9.59 Å². The normalized spacial score (nSPS) is 11.6. The van der Waals surface area contributed by atoms with Gasteiger partial charge in [0.2, 0.25) is 0 Å². The summed E-state index contributed by atoms with van der Waals surface area (Å²) in [4.78, 5) is 25.6. The number of rotatable bonds is 5. The maximum atomic E-state index is 12.3. The number of halogens is 2. The number of carbonyl (C=O) groups is 2. The Morgan fingerprint density at radius 1 is 1.12 bits per heavy atom. The van der Waals surface area contributed by atoms with Crippen molar-refractivity contribution in [2.45, 2.75) is 13.0 Å². The van der Waals surface area contributed by atoms with Crippen LogP contribution in [0.3, 0.4) is 0 Å².